The van der Waals surface area contributed by atoms with Crippen LogP contribution in [0.4, 0.5) is 4.79 Å². The van der Waals surface area contributed by atoms with Gasteiger partial charge < -0.3 is 19.1 Å². The van der Waals surface area contributed by atoms with E-state index in [1.165, 1.54) is 18.9 Å². The summed E-state index contributed by atoms with van der Waals surface area (Å²) in [6.45, 7) is 2.00. The molecule has 0 aliphatic carbocycles. The number of rotatable bonds is 4. The number of nitrogens with zero attached hydrogens (tertiary/aromatic N) is 3. The maximum atomic E-state index is 11.6. The highest BCUT2D eigenvalue weighted by molar-refractivity contribution is 7.99. The summed E-state index contributed by atoms with van der Waals surface area (Å²) in [7, 11) is 5.20. The van der Waals surface area contributed by atoms with Gasteiger partial charge in [0.2, 0.25) is 0 Å². The van der Waals surface area contributed by atoms with Crippen molar-refractivity contribution in [1.29, 1.82) is 0 Å². The minimum Gasteiger partial charge on any atom is -0.438 e. The number of aromatic nitrogens is 2. The second kappa shape index (κ2) is 7.75. The molecule has 22 heavy (non-hydrogen) atoms. The van der Waals surface area contributed by atoms with E-state index in [1.54, 1.807) is 18.5 Å². The molecule has 0 N–H and O–H groups in total. The average Bonchev–Trinajstić information content (AvgIpc) is 2.50. The van der Waals surface area contributed by atoms with Crippen molar-refractivity contribution in [3.05, 3.63) is 18.5 Å². The number of likely N-dealkylation sites (N-methyl/N-ethyl adjacent to an activating group) is 1. The van der Waals surface area contributed by atoms with E-state index in [2.05, 4.69) is 14.7 Å². The molecule has 1 fully saturated rings. The number of hydrogen-bond acceptors (Lipinski definition) is 8. The lowest BCUT2D eigenvalue weighted by molar-refractivity contribution is -0.116. The quantitative estimate of drug-likeness (QED) is 0.612. The summed E-state index contributed by atoms with van der Waals surface area (Å²) in [5, 5.41) is 0.581. The van der Waals surface area contributed by atoms with E-state index >= 15 is 0 Å². The number of ether oxygens (including phenoxy) is 3. The van der Waals surface area contributed by atoms with Gasteiger partial charge in [-0.15, -0.1) is 0 Å². The molecule has 1 aromatic rings. The number of hydrogen-bond donors (Lipinski definition) is 0. The van der Waals surface area contributed by atoms with Gasteiger partial charge in [-0.3, -0.25) is 0 Å². The Morgan fingerprint density at radius 1 is 1.41 bits per heavy atom. The van der Waals surface area contributed by atoms with Gasteiger partial charge in [0.05, 0.1) is 19.3 Å². The summed E-state index contributed by atoms with van der Waals surface area (Å²) < 4.78 is 16.0. The van der Waals surface area contributed by atoms with Gasteiger partial charge in [-0.25, -0.2) is 14.8 Å². The van der Waals surface area contributed by atoms with Crippen LogP contribution in [0.5, 0.6) is 0 Å². The predicted octanol–water partition coefficient (Wildman–Crippen LogP) is 1.79. The number of thioether (sulfide) groups is 1. The topological polar surface area (TPSA) is 73.8 Å². The molecule has 0 unspecified atom stereocenters. The predicted molar refractivity (Wildman–Crippen MR) is 81.6 cm³/mol. The zero-order chi connectivity index (χ0) is 16.1. The van der Waals surface area contributed by atoms with E-state index < -0.39 is 17.7 Å². The number of methoxy groups -OCH3 is 1. The van der Waals surface area contributed by atoms with E-state index in [0.717, 1.165) is 6.42 Å². The highest BCUT2D eigenvalue weighted by Gasteiger charge is 2.42. The van der Waals surface area contributed by atoms with Crippen molar-refractivity contribution in [1.82, 2.24) is 14.9 Å². The van der Waals surface area contributed by atoms with Crippen LogP contribution in [-0.4, -0.2) is 65.9 Å². The fourth-order valence-electron chi connectivity index (χ4n) is 2.36. The van der Waals surface area contributed by atoms with Crippen molar-refractivity contribution in [2.24, 2.45) is 0 Å². The Morgan fingerprint density at radius 2 is 2.09 bits per heavy atom. The molecule has 4 atom stereocenters. The first-order valence-electron chi connectivity index (χ1n) is 7.01. The van der Waals surface area contributed by atoms with Crippen molar-refractivity contribution >= 4 is 17.9 Å². The Kier molecular flexibility index (Phi) is 5.98. The molecule has 0 radical (unpaired) electrons. The monoisotopic (exact) mass is 327 g/mol. The maximum absolute atomic E-state index is 11.6. The van der Waals surface area contributed by atoms with E-state index in [0.29, 0.717) is 5.16 Å². The molecular formula is C14H21N3O4S. The summed E-state index contributed by atoms with van der Waals surface area (Å²) in [5.41, 5.74) is -0.391. The van der Waals surface area contributed by atoms with Gasteiger partial charge in [0.1, 0.15) is 5.44 Å². The van der Waals surface area contributed by atoms with Gasteiger partial charge in [0.15, 0.2) is 11.3 Å². The first kappa shape index (κ1) is 17.0. The minimum absolute atomic E-state index is 0.0315. The van der Waals surface area contributed by atoms with Crippen LogP contribution in [0.25, 0.3) is 0 Å². The third-order valence-electron chi connectivity index (χ3n) is 3.41. The Labute approximate surface area is 134 Å². The summed E-state index contributed by atoms with van der Waals surface area (Å²) in [4.78, 5) is 22.0. The highest BCUT2D eigenvalue weighted by Crippen LogP contribution is 2.34. The molecule has 0 spiro atoms. The second-order valence-electron chi connectivity index (χ2n) is 5.27. The lowest BCUT2D eigenvalue weighted by Crippen LogP contribution is -2.54. The molecule has 1 aliphatic heterocycles. The molecule has 122 valence electrons. The molecule has 0 amide bonds. The van der Waals surface area contributed by atoms with Crippen LogP contribution < -0.4 is 0 Å². The van der Waals surface area contributed by atoms with E-state index in [1.807, 2.05) is 25.9 Å². The maximum Gasteiger partial charge on any atom is 0.508 e. The molecular weight excluding hydrogens is 306 g/mol. The lowest BCUT2D eigenvalue weighted by atomic mass is 10.0. The fourth-order valence-corrected chi connectivity index (χ4v) is 3.43. The third kappa shape index (κ3) is 4.31. The summed E-state index contributed by atoms with van der Waals surface area (Å²) in [6.07, 6.45) is 2.97. The first-order valence-corrected chi connectivity index (χ1v) is 7.89. The van der Waals surface area contributed by atoms with Crippen molar-refractivity contribution < 1.29 is 19.0 Å². The van der Waals surface area contributed by atoms with Crippen LogP contribution in [0, 0.1) is 0 Å². The highest BCUT2D eigenvalue weighted by atomic mass is 32.2. The van der Waals surface area contributed by atoms with Crippen LogP contribution in [0.2, 0.25) is 0 Å². The molecule has 1 saturated heterocycles. The molecule has 0 aromatic carbocycles. The fraction of sp³-hybridized carbons (Fsp3) is 0.643. The molecule has 7 nitrogen and oxygen atoms in total. The van der Waals surface area contributed by atoms with Crippen LogP contribution in [-0.2, 0) is 14.2 Å². The zero-order valence-electron chi connectivity index (χ0n) is 13.1. The van der Waals surface area contributed by atoms with E-state index in [9.17, 15) is 4.79 Å². The van der Waals surface area contributed by atoms with E-state index in [-0.39, 0.29) is 12.1 Å². The number of carbonyl (C=O) groups excluding carboxylic acids is 1. The third-order valence-corrected chi connectivity index (χ3v) is 4.45. The molecule has 0 saturated carbocycles. The Bertz CT molecular complexity index is 488. The SMILES string of the molecule is COC(=O)O[C@H]1[C@H](Sc2ncccn2)O[C@H](C)C[C@@H]1N(C)C. The Hall–Kier alpha value is -1.38. The standard InChI is InChI=1S/C14H21N3O4S/c1-9-8-10(17(2)3)11(21-14(18)19-4)12(20-9)22-13-15-6-5-7-16-13/h5-7,9-12H,8H2,1-4H3/t9-,10+,11-,12+/m1/s1. The molecule has 2 rings (SSSR count). The smallest absolute Gasteiger partial charge is 0.438 e. The number of carbonyl (C=O) groups is 1. The van der Waals surface area contributed by atoms with Gasteiger partial charge in [-0.1, -0.05) is 11.8 Å². The summed E-state index contributed by atoms with van der Waals surface area (Å²) in [5.74, 6) is 0. The van der Waals surface area contributed by atoms with Gasteiger partial charge in [-0.2, -0.15) is 0 Å². The zero-order valence-corrected chi connectivity index (χ0v) is 13.9. The average molecular weight is 327 g/mol. The minimum atomic E-state index is -0.713. The van der Waals surface area contributed by atoms with Gasteiger partial charge in [-0.05, 0) is 33.5 Å². The lowest BCUT2D eigenvalue weighted by Gasteiger charge is -2.42. The molecule has 2 heterocycles. The van der Waals surface area contributed by atoms with Crippen LogP contribution >= 0.6 is 11.8 Å². The van der Waals surface area contributed by atoms with Gasteiger partial charge >= 0.3 is 6.16 Å². The van der Waals surface area contributed by atoms with Crippen molar-refractivity contribution in [2.75, 3.05) is 21.2 Å². The van der Waals surface area contributed by atoms with Crippen LogP contribution in [0.3, 0.4) is 0 Å². The largest absolute Gasteiger partial charge is 0.508 e. The summed E-state index contributed by atoms with van der Waals surface area (Å²) in [6, 6.07) is 1.78. The molecule has 1 aliphatic rings. The van der Waals surface area contributed by atoms with Gasteiger partial charge in [0.25, 0.3) is 0 Å². The second-order valence-corrected chi connectivity index (χ2v) is 6.33. The van der Waals surface area contributed by atoms with Gasteiger partial charge in [0, 0.05) is 12.4 Å². The molecule has 1 aromatic heterocycles. The first-order chi connectivity index (χ1) is 10.5. The molecule has 8 heteroatoms. The van der Waals surface area contributed by atoms with Crippen molar-refractivity contribution in [3.8, 4) is 0 Å². The Morgan fingerprint density at radius 3 is 2.68 bits per heavy atom. The van der Waals surface area contributed by atoms with E-state index in [4.69, 9.17) is 9.47 Å². The van der Waals surface area contributed by atoms with Crippen LogP contribution in [0.1, 0.15) is 13.3 Å². The van der Waals surface area contributed by atoms with Crippen LogP contribution in [0.15, 0.2) is 23.6 Å². The van der Waals surface area contributed by atoms with Crippen molar-refractivity contribution in [3.63, 3.8) is 0 Å². The Balaban J connectivity index is 2.19. The van der Waals surface area contributed by atoms with Crippen molar-refractivity contribution in [2.45, 2.75) is 42.2 Å². The molecule has 0 bridgehead atoms. The normalized spacial score (nSPS) is 28.4. The summed E-state index contributed by atoms with van der Waals surface area (Å²) >= 11 is 1.35.